The van der Waals surface area contributed by atoms with E-state index in [9.17, 15) is 22.8 Å². The molecule has 0 saturated heterocycles. The minimum atomic E-state index is -5.08. The number of aliphatic carboxylic acids is 1. The van der Waals surface area contributed by atoms with Crippen LogP contribution in [0.25, 0.3) is 0 Å². The lowest BCUT2D eigenvalue weighted by molar-refractivity contribution is -0.192. The standard InChI is InChI=1S/C15H22N2O2S.C2HF3O2/c1-12(18)20-11-7-3-6-10-14(16)15(19)17-13-8-4-2-5-9-13;3-2(4,5)1(6)7/h2,4-5,8-9,14H,3,6-7,10-11,16H2,1H3,(H,17,19);(H,6,7)/t14-;/m0./s1. The summed E-state index contributed by atoms with van der Waals surface area (Å²) >= 11 is 1.35. The van der Waals surface area contributed by atoms with E-state index >= 15 is 0 Å². The molecular weight excluding hydrogens is 385 g/mol. The summed E-state index contributed by atoms with van der Waals surface area (Å²) in [6, 6.07) is 8.83. The number of alkyl halides is 3. The molecule has 1 atom stereocenters. The average molecular weight is 408 g/mol. The van der Waals surface area contributed by atoms with Crippen LogP contribution in [0.1, 0.15) is 32.6 Å². The number of anilines is 1. The van der Waals surface area contributed by atoms with Gasteiger partial charge < -0.3 is 16.2 Å². The van der Waals surface area contributed by atoms with Crippen LogP contribution in [0.2, 0.25) is 0 Å². The van der Waals surface area contributed by atoms with Crippen molar-refractivity contribution in [1.82, 2.24) is 0 Å². The number of para-hydroxylation sites is 1. The molecule has 0 heterocycles. The van der Waals surface area contributed by atoms with Crippen LogP contribution in [0.15, 0.2) is 30.3 Å². The Bertz CT molecular complexity index is 598. The van der Waals surface area contributed by atoms with E-state index in [0.29, 0.717) is 6.42 Å². The summed E-state index contributed by atoms with van der Waals surface area (Å²) in [4.78, 5) is 31.5. The third-order valence-corrected chi connectivity index (χ3v) is 3.98. The summed E-state index contributed by atoms with van der Waals surface area (Å²) < 4.78 is 31.7. The zero-order valence-electron chi connectivity index (χ0n) is 14.8. The fourth-order valence-electron chi connectivity index (χ4n) is 1.75. The molecule has 0 aromatic heterocycles. The van der Waals surface area contributed by atoms with Crippen molar-refractivity contribution in [3.8, 4) is 0 Å². The van der Waals surface area contributed by atoms with Crippen LogP contribution in [-0.4, -0.2) is 40.1 Å². The Morgan fingerprint density at radius 1 is 1.15 bits per heavy atom. The van der Waals surface area contributed by atoms with Crippen LogP contribution in [0.5, 0.6) is 0 Å². The number of nitrogens with two attached hydrogens (primary N) is 1. The number of unbranched alkanes of at least 4 members (excludes halogenated alkanes) is 2. The quantitative estimate of drug-likeness (QED) is 0.569. The van der Waals surface area contributed by atoms with Gasteiger partial charge >= 0.3 is 12.1 Å². The Kier molecular flexibility index (Phi) is 12.1. The molecule has 0 aliphatic carbocycles. The number of benzene rings is 1. The molecule has 0 bridgehead atoms. The van der Waals surface area contributed by atoms with Crippen molar-refractivity contribution in [2.24, 2.45) is 5.73 Å². The summed E-state index contributed by atoms with van der Waals surface area (Å²) in [7, 11) is 0. The Hall–Kier alpha value is -2.07. The van der Waals surface area contributed by atoms with Gasteiger partial charge in [0.05, 0.1) is 6.04 Å². The number of carbonyl (C=O) groups is 3. The van der Waals surface area contributed by atoms with E-state index in [1.807, 2.05) is 30.3 Å². The van der Waals surface area contributed by atoms with Crippen molar-refractivity contribution in [1.29, 1.82) is 0 Å². The smallest absolute Gasteiger partial charge is 0.475 e. The van der Waals surface area contributed by atoms with E-state index in [1.165, 1.54) is 11.8 Å². The molecule has 152 valence electrons. The maximum Gasteiger partial charge on any atom is 0.490 e. The fourth-order valence-corrected chi connectivity index (χ4v) is 2.38. The number of hydrogen-bond donors (Lipinski definition) is 3. The van der Waals surface area contributed by atoms with Gasteiger partial charge in [-0.05, 0) is 25.0 Å². The molecule has 1 aromatic carbocycles. The average Bonchev–Trinajstić information content (AvgIpc) is 2.58. The molecule has 0 aliphatic rings. The topological polar surface area (TPSA) is 109 Å². The van der Waals surface area contributed by atoms with Crippen LogP contribution in [-0.2, 0) is 14.4 Å². The first-order chi connectivity index (χ1) is 12.5. The minimum absolute atomic E-state index is 0.144. The van der Waals surface area contributed by atoms with E-state index in [1.54, 1.807) is 6.92 Å². The summed E-state index contributed by atoms with van der Waals surface area (Å²) in [5, 5.41) is 10.1. The zero-order chi connectivity index (χ0) is 20.9. The third-order valence-electron chi connectivity index (χ3n) is 3.09. The third kappa shape index (κ3) is 13.8. The van der Waals surface area contributed by atoms with E-state index in [0.717, 1.165) is 30.7 Å². The molecule has 0 aliphatic heterocycles. The van der Waals surface area contributed by atoms with Crippen molar-refractivity contribution in [2.45, 2.75) is 44.8 Å². The second-order valence-corrected chi connectivity index (χ2v) is 6.73. The molecule has 4 N–H and O–H groups in total. The van der Waals surface area contributed by atoms with Crippen LogP contribution in [0, 0.1) is 0 Å². The minimum Gasteiger partial charge on any atom is -0.475 e. The van der Waals surface area contributed by atoms with Crippen molar-refractivity contribution >= 4 is 34.4 Å². The number of halogens is 3. The number of carbonyl (C=O) groups excluding carboxylic acids is 2. The molecule has 27 heavy (non-hydrogen) atoms. The van der Waals surface area contributed by atoms with Crippen molar-refractivity contribution in [3.05, 3.63) is 30.3 Å². The Morgan fingerprint density at radius 3 is 2.19 bits per heavy atom. The number of rotatable bonds is 8. The van der Waals surface area contributed by atoms with Crippen molar-refractivity contribution < 1.29 is 32.7 Å². The highest BCUT2D eigenvalue weighted by Crippen LogP contribution is 2.13. The van der Waals surface area contributed by atoms with Gasteiger partial charge in [0.25, 0.3) is 0 Å². The number of carboxylic acid groups (broad SMARTS) is 1. The van der Waals surface area contributed by atoms with E-state index in [2.05, 4.69) is 5.32 Å². The molecule has 1 amide bonds. The summed E-state index contributed by atoms with van der Waals surface area (Å²) in [5.41, 5.74) is 6.63. The monoisotopic (exact) mass is 408 g/mol. The van der Waals surface area contributed by atoms with Gasteiger partial charge in [0, 0.05) is 18.4 Å². The number of thioether (sulfide) groups is 1. The second-order valence-electron chi connectivity index (χ2n) is 5.45. The van der Waals surface area contributed by atoms with Gasteiger partial charge in [0.15, 0.2) is 5.12 Å². The number of hydrogen-bond acceptors (Lipinski definition) is 5. The largest absolute Gasteiger partial charge is 0.490 e. The molecule has 1 rings (SSSR count). The van der Waals surface area contributed by atoms with E-state index in [-0.39, 0.29) is 11.0 Å². The lowest BCUT2D eigenvalue weighted by atomic mass is 10.1. The molecule has 10 heteroatoms. The Labute approximate surface area is 159 Å². The van der Waals surface area contributed by atoms with E-state index in [4.69, 9.17) is 15.6 Å². The van der Waals surface area contributed by atoms with Gasteiger partial charge in [0.2, 0.25) is 5.91 Å². The van der Waals surface area contributed by atoms with Crippen LogP contribution < -0.4 is 11.1 Å². The fraction of sp³-hybridized carbons (Fsp3) is 0.471. The first kappa shape index (κ1) is 24.9. The Morgan fingerprint density at radius 2 is 1.70 bits per heavy atom. The molecule has 0 saturated carbocycles. The zero-order valence-corrected chi connectivity index (χ0v) is 15.6. The van der Waals surface area contributed by atoms with Gasteiger partial charge in [-0.25, -0.2) is 4.79 Å². The maximum absolute atomic E-state index is 11.8. The summed E-state index contributed by atoms with van der Waals surface area (Å²) in [5.74, 6) is -2.05. The van der Waals surface area contributed by atoms with Crippen LogP contribution >= 0.6 is 11.8 Å². The molecule has 6 nitrogen and oxygen atoms in total. The highest BCUT2D eigenvalue weighted by Gasteiger charge is 2.38. The first-order valence-electron chi connectivity index (χ1n) is 8.09. The molecule has 0 radical (unpaired) electrons. The molecule has 1 aromatic rings. The SMILES string of the molecule is CC(=O)SCCCCC[C@H](N)C(=O)Nc1ccccc1.O=C(O)C(F)(F)F. The van der Waals surface area contributed by atoms with Gasteiger partial charge in [-0.1, -0.05) is 42.8 Å². The normalized spacial score (nSPS) is 11.7. The number of nitrogens with one attached hydrogen (secondary N) is 1. The van der Waals surface area contributed by atoms with Gasteiger partial charge in [-0.15, -0.1) is 0 Å². The van der Waals surface area contributed by atoms with Gasteiger partial charge in [-0.3, -0.25) is 9.59 Å². The highest BCUT2D eigenvalue weighted by atomic mass is 32.2. The molecule has 0 fully saturated rings. The van der Waals surface area contributed by atoms with Gasteiger partial charge in [-0.2, -0.15) is 13.2 Å². The van der Waals surface area contributed by atoms with Gasteiger partial charge in [0.1, 0.15) is 0 Å². The predicted molar refractivity (Wildman–Crippen MR) is 98.3 cm³/mol. The summed E-state index contributed by atoms with van der Waals surface area (Å²) in [6.07, 6.45) is -1.53. The van der Waals surface area contributed by atoms with Crippen LogP contribution in [0.3, 0.4) is 0 Å². The Balaban J connectivity index is 0.000000821. The van der Waals surface area contributed by atoms with Crippen LogP contribution in [0.4, 0.5) is 18.9 Å². The molecular formula is C17H23F3N2O4S. The first-order valence-corrected chi connectivity index (χ1v) is 9.07. The lowest BCUT2D eigenvalue weighted by Gasteiger charge is -2.12. The predicted octanol–water partition coefficient (Wildman–Crippen LogP) is 3.43. The molecule has 0 spiro atoms. The summed E-state index contributed by atoms with van der Waals surface area (Å²) in [6.45, 7) is 1.58. The highest BCUT2D eigenvalue weighted by molar-refractivity contribution is 8.13. The molecule has 0 unspecified atom stereocenters. The van der Waals surface area contributed by atoms with E-state index < -0.39 is 18.2 Å². The van der Waals surface area contributed by atoms with Crippen molar-refractivity contribution in [2.75, 3.05) is 11.1 Å². The number of amides is 1. The number of carboxylic acids is 1. The maximum atomic E-state index is 11.8. The lowest BCUT2D eigenvalue weighted by Crippen LogP contribution is -2.35. The second kappa shape index (κ2) is 13.2. The van der Waals surface area contributed by atoms with Crippen molar-refractivity contribution in [3.63, 3.8) is 0 Å².